The fraction of sp³-hybridized carbons (Fsp3) is 0.667. The van der Waals surface area contributed by atoms with Crippen molar-refractivity contribution in [3.05, 3.63) is 23.8 Å². The van der Waals surface area contributed by atoms with Crippen molar-refractivity contribution in [3.63, 3.8) is 0 Å². The fourth-order valence-corrected chi connectivity index (χ4v) is 2.67. The van der Waals surface area contributed by atoms with Gasteiger partial charge in [-0.1, -0.05) is 6.07 Å². The van der Waals surface area contributed by atoms with E-state index < -0.39 is 0 Å². The number of fused-ring (bicyclic) bond motifs is 1. The molecule has 0 amide bonds. The van der Waals surface area contributed by atoms with Crippen LogP contribution in [0.15, 0.2) is 18.2 Å². The van der Waals surface area contributed by atoms with Crippen molar-refractivity contribution in [1.82, 2.24) is 5.32 Å². The SMILES string of the molecule is CCOCCCNC(C)Cc1ccc2c(c1)NCC(C)(C)O2. The van der Waals surface area contributed by atoms with Crippen LogP contribution in [-0.2, 0) is 11.2 Å². The van der Waals surface area contributed by atoms with Gasteiger partial charge in [-0.2, -0.15) is 0 Å². The minimum absolute atomic E-state index is 0.135. The quantitative estimate of drug-likeness (QED) is 0.724. The van der Waals surface area contributed by atoms with Crippen LogP contribution in [0.25, 0.3) is 0 Å². The van der Waals surface area contributed by atoms with E-state index in [0.717, 1.165) is 50.6 Å². The Hall–Kier alpha value is -1.26. The lowest BCUT2D eigenvalue weighted by atomic mass is 10.0. The smallest absolute Gasteiger partial charge is 0.143 e. The summed E-state index contributed by atoms with van der Waals surface area (Å²) in [5, 5.41) is 7.02. The van der Waals surface area contributed by atoms with Crippen LogP contribution < -0.4 is 15.4 Å². The third kappa shape index (κ3) is 5.18. The molecule has 1 aliphatic heterocycles. The molecular formula is C18H30N2O2. The molecule has 1 unspecified atom stereocenters. The third-order valence-corrected chi connectivity index (χ3v) is 3.84. The van der Waals surface area contributed by atoms with Crippen LogP contribution in [0, 0.1) is 0 Å². The largest absolute Gasteiger partial charge is 0.484 e. The topological polar surface area (TPSA) is 42.5 Å². The predicted molar refractivity (Wildman–Crippen MR) is 91.9 cm³/mol. The molecule has 0 saturated heterocycles. The van der Waals surface area contributed by atoms with Crippen LogP contribution in [0.5, 0.6) is 5.75 Å². The summed E-state index contributed by atoms with van der Waals surface area (Å²) in [5.41, 5.74) is 2.31. The molecule has 0 saturated carbocycles. The summed E-state index contributed by atoms with van der Waals surface area (Å²) in [6.07, 6.45) is 2.08. The van der Waals surface area contributed by atoms with Gasteiger partial charge in [0.1, 0.15) is 11.4 Å². The number of hydrogen-bond donors (Lipinski definition) is 2. The van der Waals surface area contributed by atoms with Gasteiger partial charge >= 0.3 is 0 Å². The molecule has 2 rings (SSSR count). The van der Waals surface area contributed by atoms with Crippen molar-refractivity contribution in [2.24, 2.45) is 0 Å². The molecule has 124 valence electrons. The summed E-state index contributed by atoms with van der Waals surface area (Å²) in [6.45, 7) is 12.0. The lowest BCUT2D eigenvalue weighted by molar-refractivity contribution is 0.116. The van der Waals surface area contributed by atoms with Gasteiger partial charge in [0.15, 0.2) is 0 Å². The fourth-order valence-electron chi connectivity index (χ4n) is 2.67. The van der Waals surface area contributed by atoms with Crippen molar-refractivity contribution in [3.8, 4) is 5.75 Å². The molecule has 4 heteroatoms. The van der Waals surface area contributed by atoms with Crippen molar-refractivity contribution in [1.29, 1.82) is 0 Å². The van der Waals surface area contributed by atoms with Crippen molar-refractivity contribution in [2.45, 2.75) is 52.2 Å². The highest BCUT2D eigenvalue weighted by atomic mass is 16.5. The monoisotopic (exact) mass is 306 g/mol. The highest BCUT2D eigenvalue weighted by Gasteiger charge is 2.26. The van der Waals surface area contributed by atoms with Gasteiger partial charge < -0.3 is 20.1 Å². The minimum atomic E-state index is -0.135. The molecule has 0 spiro atoms. The first-order valence-electron chi connectivity index (χ1n) is 8.37. The summed E-state index contributed by atoms with van der Waals surface area (Å²) in [5.74, 6) is 0.956. The van der Waals surface area contributed by atoms with Crippen molar-refractivity contribution < 1.29 is 9.47 Å². The molecular weight excluding hydrogens is 276 g/mol. The summed E-state index contributed by atoms with van der Waals surface area (Å²) in [4.78, 5) is 0. The Balaban J connectivity index is 1.81. The molecule has 1 aromatic carbocycles. The Labute approximate surface area is 134 Å². The number of anilines is 1. The molecule has 1 atom stereocenters. The van der Waals surface area contributed by atoms with Gasteiger partial charge in [0.25, 0.3) is 0 Å². The third-order valence-electron chi connectivity index (χ3n) is 3.84. The molecule has 0 aliphatic carbocycles. The zero-order valence-electron chi connectivity index (χ0n) is 14.4. The van der Waals surface area contributed by atoms with E-state index in [2.05, 4.69) is 49.6 Å². The van der Waals surface area contributed by atoms with Gasteiger partial charge in [0, 0.05) is 19.3 Å². The first kappa shape index (κ1) is 17.1. The molecule has 2 N–H and O–H groups in total. The molecule has 0 fully saturated rings. The summed E-state index contributed by atoms with van der Waals surface area (Å²) >= 11 is 0. The number of nitrogens with one attached hydrogen (secondary N) is 2. The van der Waals surface area contributed by atoms with Crippen LogP contribution in [0.3, 0.4) is 0 Å². The molecule has 1 aromatic rings. The van der Waals surface area contributed by atoms with Gasteiger partial charge in [-0.25, -0.2) is 0 Å². The Bertz CT molecular complexity index is 474. The van der Waals surface area contributed by atoms with Crippen LogP contribution in [-0.4, -0.2) is 37.9 Å². The van der Waals surface area contributed by atoms with Crippen LogP contribution >= 0.6 is 0 Å². The highest BCUT2D eigenvalue weighted by molar-refractivity contribution is 5.60. The van der Waals surface area contributed by atoms with Gasteiger partial charge in [-0.15, -0.1) is 0 Å². The lowest BCUT2D eigenvalue weighted by Gasteiger charge is -2.33. The maximum absolute atomic E-state index is 5.99. The summed E-state index contributed by atoms with van der Waals surface area (Å²) in [6, 6.07) is 6.92. The number of benzene rings is 1. The number of rotatable bonds is 8. The van der Waals surface area contributed by atoms with E-state index in [1.807, 2.05) is 6.92 Å². The number of hydrogen-bond acceptors (Lipinski definition) is 4. The zero-order chi connectivity index (χ0) is 16.0. The standard InChI is InChI=1S/C18H30N2O2/c1-5-21-10-6-9-19-14(2)11-15-7-8-17-16(12-15)20-13-18(3,4)22-17/h7-8,12,14,19-20H,5-6,9-11,13H2,1-4H3. The first-order chi connectivity index (χ1) is 10.5. The normalized spacial score (nSPS) is 17.3. The lowest BCUT2D eigenvalue weighted by Crippen LogP contribution is -2.40. The Kier molecular flexibility index (Phi) is 6.09. The maximum Gasteiger partial charge on any atom is 0.143 e. The van der Waals surface area contributed by atoms with Crippen LogP contribution in [0.2, 0.25) is 0 Å². The van der Waals surface area contributed by atoms with E-state index in [1.165, 1.54) is 5.56 Å². The maximum atomic E-state index is 5.99. The second-order valence-corrected chi connectivity index (χ2v) is 6.66. The molecule has 22 heavy (non-hydrogen) atoms. The van der Waals surface area contributed by atoms with E-state index in [9.17, 15) is 0 Å². The van der Waals surface area contributed by atoms with Crippen molar-refractivity contribution >= 4 is 5.69 Å². The van der Waals surface area contributed by atoms with Crippen LogP contribution in [0.1, 0.15) is 39.7 Å². The Morgan fingerprint density at radius 3 is 3.00 bits per heavy atom. The summed E-state index contributed by atoms with van der Waals surface area (Å²) < 4.78 is 11.3. The minimum Gasteiger partial charge on any atom is -0.484 e. The molecule has 0 aromatic heterocycles. The highest BCUT2D eigenvalue weighted by Crippen LogP contribution is 2.33. The average molecular weight is 306 g/mol. The van der Waals surface area contributed by atoms with E-state index >= 15 is 0 Å². The second-order valence-electron chi connectivity index (χ2n) is 6.66. The predicted octanol–water partition coefficient (Wildman–Crippen LogP) is 3.22. The van der Waals surface area contributed by atoms with Gasteiger partial charge in [-0.05, 0) is 64.8 Å². The van der Waals surface area contributed by atoms with E-state index in [1.54, 1.807) is 0 Å². The molecule has 1 heterocycles. The van der Waals surface area contributed by atoms with Crippen LogP contribution in [0.4, 0.5) is 5.69 Å². The first-order valence-corrected chi connectivity index (χ1v) is 8.37. The molecule has 0 radical (unpaired) electrons. The van der Waals surface area contributed by atoms with Gasteiger partial charge in [0.05, 0.1) is 12.2 Å². The van der Waals surface area contributed by atoms with E-state index in [-0.39, 0.29) is 5.60 Å². The second kappa shape index (κ2) is 7.84. The van der Waals surface area contributed by atoms with Gasteiger partial charge in [0.2, 0.25) is 0 Å². The molecule has 1 aliphatic rings. The van der Waals surface area contributed by atoms with Gasteiger partial charge in [-0.3, -0.25) is 0 Å². The Morgan fingerprint density at radius 1 is 1.41 bits per heavy atom. The van der Waals surface area contributed by atoms with E-state index in [0.29, 0.717) is 6.04 Å². The Morgan fingerprint density at radius 2 is 2.23 bits per heavy atom. The van der Waals surface area contributed by atoms with Crippen molar-refractivity contribution in [2.75, 3.05) is 31.6 Å². The molecule has 4 nitrogen and oxygen atoms in total. The zero-order valence-corrected chi connectivity index (χ0v) is 14.4. The summed E-state index contributed by atoms with van der Waals surface area (Å²) in [7, 11) is 0. The number of ether oxygens (including phenoxy) is 2. The van der Waals surface area contributed by atoms with E-state index in [4.69, 9.17) is 9.47 Å². The average Bonchev–Trinajstić information content (AvgIpc) is 2.46. The molecule has 0 bridgehead atoms.